The van der Waals surface area contributed by atoms with Crippen molar-refractivity contribution in [2.24, 2.45) is 0 Å². The lowest BCUT2D eigenvalue weighted by Crippen LogP contribution is -2.52. The molecule has 50 heavy (non-hydrogen) atoms. The molecule has 0 atom stereocenters. The van der Waals surface area contributed by atoms with Gasteiger partial charge in [-0.05, 0) is 117 Å². The van der Waals surface area contributed by atoms with E-state index in [2.05, 4.69) is 6.58 Å². The molecule has 1 aromatic heterocycles. The summed E-state index contributed by atoms with van der Waals surface area (Å²) in [5.74, 6) is -1.42. The highest BCUT2D eigenvalue weighted by atomic mass is 16.5. The number of Topliss-reactive ketones (excluding diaryl/α,β-unsaturated/α-hetero) is 1. The molecule has 0 unspecified atom stereocenters. The van der Waals surface area contributed by atoms with Gasteiger partial charge in [-0.2, -0.15) is 0 Å². The van der Waals surface area contributed by atoms with Crippen LogP contribution in [-0.4, -0.2) is 44.6 Å². The fraction of sp³-hybridized carbons (Fsp3) is 0.333. The standard InChI is InChI=1S/C39H43N3O8/c1-8-10-28-15-25(5)17-32(19-28)41-37(46)40(31-13-11-27(7)30(21-31)22-35(44)49-9-2)38(47)42(39(41)48)33-18-26(6)16-29(20-33)12-14-34(43)23-50-36(45)24(3)4/h11,13,15-21H,3,8-10,12,14,22-23H2,1-2,4-7H3. The molecular weight excluding hydrogens is 638 g/mol. The third-order valence-corrected chi connectivity index (χ3v) is 8.08. The molecule has 3 aromatic carbocycles. The fourth-order valence-corrected chi connectivity index (χ4v) is 5.71. The molecule has 0 amide bonds. The van der Waals surface area contributed by atoms with E-state index in [4.69, 9.17) is 9.47 Å². The summed E-state index contributed by atoms with van der Waals surface area (Å²) < 4.78 is 13.0. The zero-order valence-electron chi connectivity index (χ0n) is 29.5. The van der Waals surface area contributed by atoms with Crippen molar-refractivity contribution in [1.82, 2.24) is 13.7 Å². The normalized spacial score (nSPS) is 10.9. The first-order chi connectivity index (χ1) is 23.7. The largest absolute Gasteiger partial charge is 0.466 e. The number of carbonyl (C=O) groups excluding carboxylic acids is 3. The number of ketones is 1. The number of carbonyl (C=O) groups is 3. The molecule has 0 bridgehead atoms. The molecule has 0 saturated carbocycles. The Balaban J connectivity index is 1.92. The number of esters is 2. The van der Waals surface area contributed by atoms with E-state index in [-0.39, 0.29) is 48.6 Å². The smallest absolute Gasteiger partial charge is 0.345 e. The Labute approximate surface area is 290 Å². The molecule has 0 aliphatic heterocycles. The van der Waals surface area contributed by atoms with Crippen LogP contribution in [0, 0.1) is 20.8 Å². The summed E-state index contributed by atoms with van der Waals surface area (Å²) in [6, 6.07) is 15.5. The Morgan fingerprint density at radius 2 is 1.24 bits per heavy atom. The highest BCUT2D eigenvalue weighted by molar-refractivity contribution is 5.89. The minimum atomic E-state index is -0.900. The molecule has 1 heterocycles. The summed E-state index contributed by atoms with van der Waals surface area (Å²) in [5, 5.41) is 0. The minimum Gasteiger partial charge on any atom is -0.466 e. The lowest BCUT2D eigenvalue weighted by atomic mass is 10.0. The third kappa shape index (κ3) is 8.71. The monoisotopic (exact) mass is 681 g/mol. The molecule has 0 aliphatic carbocycles. The number of hydrogen-bond acceptors (Lipinski definition) is 8. The quantitative estimate of drug-likeness (QED) is 0.138. The van der Waals surface area contributed by atoms with Crippen LogP contribution in [0.1, 0.15) is 67.0 Å². The average Bonchev–Trinajstić information content (AvgIpc) is 3.03. The van der Waals surface area contributed by atoms with Gasteiger partial charge in [-0.3, -0.25) is 9.59 Å². The first kappa shape index (κ1) is 37.2. The van der Waals surface area contributed by atoms with Crippen molar-refractivity contribution < 1.29 is 23.9 Å². The van der Waals surface area contributed by atoms with Crippen LogP contribution in [0.15, 0.2) is 81.1 Å². The molecular formula is C39H43N3O8. The van der Waals surface area contributed by atoms with Gasteiger partial charge in [0, 0.05) is 12.0 Å². The number of hydrogen-bond donors (Lipinski definition) is 0. The summed E-state index contributed by atoms with van der Waals surface area (Å²) in [5.41, 5.74) is 2.72. The van der Waals surface area contributed by atoms with Gasteiger partial charge in [0.15, 0.2) is 5.78 Å². The number of aryl methyl sites for hydroxylation is 5. The molecule has 11 heteroatoms. The van der Waals surface area contributed by atoms with Gasteiger partial charge in [0.2, 0.25) is 0 Å². The Hall–Kier alpha value is -5.58. The molecule has 0 radical (unpaired) electrons. The second-order valence-electron chi connectivity index (χ2n) is 12.4. The van der Waals surface area contributed by atoms with Gasteiger partial charge in [0.1, 0.15) is 6.61 Å². The van der Waals surface area contributed by atoms with Crippen molar-refractivity contribution in [3.05, 3.63) is 132 Å². The molecule has 4 rings (SSSR count). The summed E-state index contributed by atoms with van der Waals surface area (Å²) >= 11 is 0. The first-order valence-electron chi connectivity index (χ1n) is 16.6. The number of ether oxygens (including phenoxy) is 2. The Morgan fingerprint density at radius 1 is 0.700 bits per heavy atom. The first-order valence-corrected chi connectivity index (χ1v) is 16.6. The van der Waals surface area contributed by atoms with Crippen LogP contribution >= 0.6 is 0 Å². The Morgan fingerprint density at radius 3 is 1.76 bits per heavy atom. The SMILES string of the molecule is C=C(C)C(=O)OCC(=O)CCc1cc(C)cc(-n2c(=O)n(-c3cc(C)cc(CCC)c3)c(=O)n(-c3ccc(C)c(CC(=O)OCC)c3)c2=O)c1. The number of nitrogens with zero attached hydrogens (tertiary/aromatic N) is 3. The van der Waals surface area contributed by atoms with Crippen LogP contribution in [0.5, 0.6) is 0 Å². The van der Waals surface area contributed by atoms with Crippen molar-refractivity contribution in [2.45, 2.75) is 73.6 Å². The number of rotatable bonds is 14. The molecule has 0 aliphatic rings. The van der Waals surface area contributed by atoms with Crippen LogP contribution in [0.25, 0.3) is 17.1 Å². The minimum absolute atomic E-state index is 0.0428. The van der Waals surface area contributed by atoms with Crippen LogP contribution in [0.3, 0.4) is 0 Å². The second kappa shape index (κ2) is 16.2. The van der Waals surface area contributed by atoms with Crippen molar-refractivity contribution in [3.63, 3.8) is 0 Å². The molecule has 0 fully saturated rings. The maximum atomic E-state index is 14.4. The van der Waals surface area contributed by atoms with E-state index in [1.54, 1.807) is 56.3 Å². The molecule has 0 saturated heterocycles. The Kier molecular flexibility index (Phi) is 12.1. The van der Waals surface area contributed by atoms with E-state index in [0.717, 1.165) is 43.2 Å². The second-order valence-corrected chi connectivity index (χ2v) is 12.4. The van der Waals surface area contributed by atoms with Gasteiger partial charge in [-0.15, -0.1) is 0 Å². The highest BCUT2D eigenvalue weighted by Gasteiger charge is 2.22. The van der Waals surface area contributed by atoms with Gasteiger partial charge in [0.05, 0.1) is 30.1 Å². The molecule has 4 aromatic rings. The van der Waals surface area contributed by atoms with Gasteiger partial charge in [-0.1, -0.05) is 38.1 Å². The van der Waals surface area contributed by atoms with Crippen molar-refractivity contribution >= 4 is 17.7 Å². The summed E-state index contributed by atoms with van der Waals surface area (Å²) in [6.07, 6.45) is 1.79. The van der Waals surface area contributed by atoms with Gasteiger partial charge in [-0.25, -0.2) is 32.9 Å². The number of aromatic nitrogens is 3. The van der Waals surface area contributed by atoms with Gasteiger partial charge >= 0.3 is 29.0 Å². The summed E-state index contributed by atoms with van der Waals surface area (Å²) in [7, 11) is 0. The van der Waals surface area contributed by atoms with E-state index in [0.29, 0.717) is 22.4 Å². The van der Waals surface area contributed by atoms with Crippen LogP contribution in [-0.2, 0) is 43.1 Å². The van der Waals surface area contributed by atoms with E-state index in [1.165, 1.54) is 6.92 Å². The third-order valence-electron chi connectivity index (χ3n) is 8.08. The summed E-state index contributed by atoms with van der Waals surface area (Å²) in [6.45, 7) is 14.0. The highest BCUT2D eigenvalue weighted by Crippen LogP contribution is 2.18. The average molecular weight is 682 g/mol. The van der Waals surface area contributed by atoms with Gasteiger partial charge < -0.3 is 9.47 Å². The predicted octanol–water partition coefficient (Wildman–Crippen LogP) is 4.74. The van der Waals surface area contributed by atoms with Crippen LogP contribution in [0.2, 0.25) is 0 Å². The number of benzene rings is 3. The van der Waals surface area contributed by atoms with E-state index in [1.807, 2.05) is 32.9 Å². The summed E-state index contributed by atoms with van der Waals surface area (Å²) in [4.78, 5) is 79.6. The van der Waals surface area contributed by atoms with Crippen molar-refractivity contribution in [1.29, 1.82) is 0 Å². The lowest BCUT2D eigenvalue weighted by molar-refractivity contribution is -0.144. The topological polar surface area (TPSA) is 136 Å². The molecule has 11 nitrogen and oxygen atoms in total. The van der Waals surface area contributed by atoms with Crippen LogP contribution < -0.4 is 17.1 Å². The lowest BCUT2D eigenvalue weighted by Gasteiger charge is -2.17. The molecule has 262 valence electrons. The molecule has 0 N–H and O–H groups in total. The Bertz CT molecular complexity index is 2150. The van der Waals surface area contributed by atoms with Crippen molar-refractivity contribution in [3.8, 4) is 17.1 Å². The van der Waals surface area contributed by atoms with E-state index in [9.17, 15) is 28.8 Å². The maximum absolute atomic E-state index is 14.4. The predicted molar refractivity (Wildman–Crippen MR) is 191 cm³/mol. The van der Waals surface area contributed by atoms with E-state index >= 15 is 0 Å². The zero-order valence-corrected chi connectivity index (χ0v) is 29.5. The van der Waals surface area contributed by atoms with Gasteiger partial charge in [0.25, 0.3) is 0 Å². The zero-order chi connectivity index (χ0) is 36.7. The van der Waals surface area contributed by atoms with E-state index < -0.39 is 35.6 Å². The van der Waals surface area contributed by atoms with Crippen LogP contribution in [0.4, 0.5) is 0 Å². The maximum Gasteiger partial charge on any atom is 0.345 e. The fourth-order valence-electron chi connectivity index (χ4n) is 5.71. The van der Waals surface area contributed by atoms with Crippen molar-refractivity contribution in [2.75, 3.05) is 13.2 Å². The molecule has 0 spiro atoms.